The first kappa shape index (κ1) is 19.8. The Bertz CT molecular complexity index is 891. The monoisotopic (exact) mass is 368 g/mol. The van der Waals surface area contributed by atoms with Crippen molar-refractivity contribution in [3.63, 3.8) is 0 Å². The molecule has 2 aromatic carbocycles. The number of nitrogens with zero attached hydrogens (tertiary/aromatic N) is 1. The van der Waals surface area contributed by atoms with E-state index in [2.05, 4.69) is 10.1 Å². The summed E-state index contributed by atoms with van der Waals surface area (Å²) in [5, 5.41) is 2.66. The minimum Gasteiger partial charge on any atom is -0.465 e. The van der Waals surface area contributed by atoms with Crippen LogP contribution in [0.15, 0.2) is 48.5 Å². The first-order chi connectivity index (χ1) is 12.8. The molecule has 0 saturated carbocycles. The highest BCUT2D eigenvalue weighted by Gasteiger charge is 2.18. The number of rotatable bonds is 6. The van der Waals surface area contributed by atoms with Crippen molar-refractivity contribution >= 4 is 34.9 Å². The third-order valence-corrected chi connectivity index (χ3v) is 3.81. The predicted molar refractivity (Wildman–Crippen MR) is 101 cm³/mol. The number of amides is 2. The van der Waals surface area contributed by atoms with Gasteiger partial charge in [-0.2, -0.15) is 0 Å². The maximum Gasteiger partial charge on any atom is 0.337 e. The molecule has 140 valence electrons. The van der Waals surface area contributed by atoms with E-state index in [4.69, 9.17) is 0 Å². The number of hydrogen-bond acceptors (Lipinski definition) is 5. The molecule has 0 radical (unpaired) electrons. The van der Waals surface area contributed by atoms with Crippen LogP contribution < -0.4 is 10.2 Å². The van der Waals surface area contributed by atoms with Gasteiger partial charge < -0.3 is 15.0 Å². The molecule has 0 aliphatic rings. The Labute approximate surface area is 156 Å². The van der Waals surface area contributed by atoms with E-state index in [0.717, 1.165) is 0 Å². The van der Waals surface area contributed by atoms with Crippen LogP contribution in [0.25, 0.3) is 0 Å². The van der Waals surface area contributed by atoms with Gasteiger partial charge in [0.25, 0.3) is 0 Å². The molecule has 0 fully saturated rings. The predicted octanol–water partition coefficient (Wildman–Crippen LogP) is 2.67. The Balaban J connectivity index is 2.18. The van der Waals surface area contributed by atoms with Crippen LogP contribution in [0.3, 0.4) is 0 Å². The summed E-state index contributed by atoms with van der Waals surface area (Å²) in [6.45, 7) is 2.52. The summed E-state index contributed by atoms with van der Waals surface area (Å²) in [4.78, 5) is 48.8. The molecule has 0 aromatic heterocycles. The zero-order valence-electron chi connectivity index (χ0n) is 15.3. The second-order valence-corrected chi connectivity index (χ2v) is 5.83. The first-order valence-electron chi connectivity index (χ1n) is 8.19. The summed E-state index contributed by atoms with van der Waals surface area (Å²) in [6.07, 6.45) is 0. The molecule has 2 aromatic rings. The Morgan fingerprint density at radius 1 is 0.963 bits per heavy atom. The summed E-state index contributed by atoms with van der Waals surface area (Å²) in [7, 11) is 1.26. The molecule has 1 N–H and O–H groups in total. The van der Waals surface area contributed by atoms with E-state index in [9.17, 15) is 19.2 Å². The van der Waals surface area contributed by atoms with Crippen molar-refractivity contribution in [3.8, 4) is 0 Å². The minimum atomic E-state index is -0.536. The van der Waals surface area contributed by atoms with Crippen molar-refractivity contribution in [3.05, 3.63) is 59.7 Å². The van der Waals surface area contributed by atoms with Crippen molar-refractivity contribution in [2.24, 2.45) is 0 Å². The second-order valence-electron chi connectivity index (χ2n) is 5.83. The van der Waals surface area contributed by atoms with Gasteiger partial charge in [0.1, 0.15) is 6.54 Å². The second kappa shape index (κ2) is 8.75. The Hall–Kier alpha value is -3.48. The number of nitrogens with one attached hydrogen (secondary N) is 1. The van der Waals surface area contributed by atoms with E-state index in [-0.39, 0.29) is 23.8 Å². The molecule has 7 heteroatoms. The number of anilines is 2. The molecule has 7 nitrogen and oxygen atoms in total. The zero-order chi connectivity index (χ0) is 20.0. The number of esters is 1. The minimum absolute atomic E-state index is 0.115. The zero-order valence-corrected chi connectivity index (χ0v) is 15.3. The number of carbonyl (C=O) groups is 4. The van der Waals surface area contributed by atoms with Crippen LogP contribution in [-0.4, -0.2) is 37.2 Å². The van der Waals surface area contributed by atoms with Gasteiger partial charge in [-0.3, -0.25) is 14.4 Å². The van der Waals surface area contributed by atoms with Gasteiger partial charge in [-0.05, 0) is 37.3 Å². The average molecular weight is 368 g/mol. The molecule has 0 bridgehead atoms. The molecule has 0 saturated heterocycles. The van der Waals surface area contributed by atoms with Crippen LogP contribution in [0.4, 0.5) is 11.4 Å². The number of methoxy groups -OCH3 is 1. The van der Waals surface area contributed by atoms with E-state index in [1.807, 2.05) is 0 Å². The molecular weight excluding hydrogens is 348 g/mol. The lowest BCUT2D eigenvalue weighted by molar-refractivity contribution is -0.120. The fourth-order valence-electron chi connectivity index (χ4n) is 2.46. The summed E-state index contributed by atoms with van der Waals surface area (Å²) < 4.78 is 4.67. The topological polar surface area (TPSA) is 92.8 Å². The summed E-state index contributed by atoms with van der Waals surface area (Å²) in [5.41, 5.74) is 1.61. The van der Waals surface area contributed by atoms with E-state index < -0.39 is 11.9 Å². The van der Waals surface area contributed by atoms with Gasteiger partial charge >= 0.3 is 5.97 Å². The van der Waals surface area contributed by atoms with Crippen LogP contribution in [0.5, 0.6) is 0 Å². The van der Waals surface area contributed by atoms with Gasteiger partial charge in [0.05, 0.1) is 12.7 Å². The maximum absolute atomic E-state index is 12.4. The Morgan fingerprint density at radius 2 is 1.63 bits per heavy atom. The molecule has 2 rings (SSSR count). The summed E-state index contributed by atoms with van der Waals surface area (Å²) in [6, 6.07) is 12.8. The lowest BCUT2D eigenvalue weighted by Gasteiger charge is -2.21. The van der Waals surface area contributed by atoms with Crippen molar-refractivity contribution in [1.82, 2.24) is 0 Å². The van der Waals surface area contributed by atoms with Gasteiger partial charge in [-0.1, -0.05) is 18.2 Å². The number of benzene rings is 2. The molecular formula is C20H20N2O5. The van der Waals surface area contributed by atoms with Gasteiger partial charge in [0, 0.05) is 23.9 Å². The van der Waals surface area contributed by atoms with Crippen LogP contribution in [0, 0.1) is 0 Å². The summed E-state index contributed by atoms with van der Waals surface area (Å²) in [5.74, 6) is -1.44. The lowest BCUT2D eigenvalue weighted by Crippen LogP contribution is -2.36. The van der Waals surface area contributed by atoms with E-state index in [1.165, 1.54) is 31.9 Å². The Morgan fingerprint density at radius 3 is 2.26 bits per heavy atom. The van der Waals surface area contributed by atoms with Gasteiger partial charge in [0.2, 0.25) is 11.8 Å². The number of ketones is 1. The van der Waals surface area contributed by atoms with E-state index >= 15 is 0 Å². The van der Waals surface area contributed by atoms with Gasteiger partial charge in [-0.25, -0.2) is 4.79 Å². The maximum atomic E-state index is 12.4. The Kier molecular flexibility index (Phi) is 6.43. The number of hydrogen-bond donors (Lipinski definition) is 1. The molecule has 0 unspecified atom stereocenters. The fraction of sp³-hybridized carbons (Fsp3) is 0.200. The molecule has 0 spiro atoms. The number of carbonyl (C=O) groups excluding carboxylic acids is 4. The van der Waals surface area contributed by atoms with Crippen LogP contribution in [0.2, 0.25) is 0 Å². The molecule has 0 aliphatic carbocycles. The highest BCUT2D eigenvalue weighted by Crippen LogP contribution is 2.18. The van der Waals surface area contributed by atoms with Crippen molar-refractivity contribution in [1.29, 1.82) is 0 Å². The van der Waals surface area contributed by atoms with Crippen LogP contribution >= 0.6 is 0 Å². The number of ether oxygens (including phenoxy) is 1. The lowest BCUT2D eigenvalue weighted by atomic mass is 10.1. The highest BCUT2D eigenvalue weighted by atomic mass is 16.5. The van der Waals surface area contributed by atoms with Gasteiger partial charge in [-0.15, -0.1) is 0 Å². The molecule has 0 heterocycles. The van der Waals surface area contributed by atoms with Crippen LogP contribution in [-0.2, 0) is 14.3 Å². The normalized spacial score (nSPS) is 10.0. The molecule has 0 aliphatic heterocycles. The third kappa shape index (κ3) is 5.24. The number of Topliss-reactive ketones (excluding diaryl/α,β-unsaturated/α-hetero) is 1. The third-order valence-electron chi connectivity index (χ3n) is 3.81. The SMILES string of the molecule is COC(=O)c1cccc(N(CC(=O)Nc2cccc(C(C)=O)c2)C(C)=O)c1. The van der Waals surface area contributed by atoms with E-state index in [1.54, 1.807) is 42.5 Å². The quantitative estimate of drug-likeness (QED) is 0.625. The highest BCUT2D eigenvalue weighted by molar-refractivity contribution is 6.03. The van der Waals surface area contributed by atoms with Crippen molar-refractivity contribution < 1.29 is 23.9 Å². The van der Waals surface area contributed by atoms with Crippen molar-refractivity contribution in [2.45, 2.75) is 13.8 Å². The summed E-state index contributed by atoms with van der Waals surface area (Å²) >= 11 is 0. The molecule has 0 atom stereocenters. The van der Waals surface area contributed by atoms with Crippen molar-refractivity contribution in [2.75, 3.05) is 23.9 Å². The first-order valence-corrected chi connectivity index (χ1v) is 8.19. The van der Waals surface area contributed by atoms with Gasteiger partial charge in [0.15, 0.2) is 5.78 Å². The molecule has 2 amide bonds. The smallest absolute Gasteiger partial charge is 0.337 e. The standard InChI is InChI=1S/C20H20N2O5/c1-13(23)15-6-4-8-17(10-15)21-19(25)12-22(14(2)24)18-9-5-7-16(11-18)20(26)27-3/h4-11H,12H2,1-3H3,(H,21,25). The largest absolute Gasteiger partial charge is 0.465 e. The van der Waals surface area contributed by atoms with Crippen LogP contribution in [0.1, 0.15) is 34.6 Å². The average Bonchev–Trinajstić information content (AvgIpc) is 2.65. The fourth-order valence-corrected chi connectivity index (χ4v) is 2.46. The van der Waals surface area contributed by atoms with E-state index in [0.29, 0.717) is 16.9 Å². The molecule has 27 heavy (non-hydrogen) atoms.